The molecule has 2 aromatic rings. The molecule has 0 aliphatic rings. The topological polar surface area (TPSA) is 41.6 Å². The smallest absolute Gasteiger partial charge is 0.161 e. The molecule has 0 atom stereocenters. The van der Waals surface area contributed by atoms with E-state index in [0.29, 0.717) is 30.7 Å². The third kappa shape index (κ3) is 2.37. The highest BCUT2D eigenvalue weighted by Crippen LogP contribution is 2.26. The Kier molecular flexibility index (Phi) is 4.00. The number of benzene rings is 1. The van der Waals surface area contributed by atoms with Crippen LogP contribution in [-0.2, 0) is 6.42 Å². The van der Waals surface area contributed by atoms with Crippen LogP contribution in [0.5, 0.6) is 0 Å². The standard InChI is InChI=1S/C13H9ClF3N3/c1-2-3-11-7(6-18)13(14)20(19-11)12-5-9(16)8(15)4-10(12)17/h4-5H,2-3H2,1H3. The Balaban J connectivity index is 2.65. The number of halogens is 4. The van der Waals surface area contributed by atoms with Gasteiger partial charge in [-0.1, -0.05) is 24.9 Å². The van der Waals surface area contributed by atoms with Crippen molar-refractivity contribution < 1.29 is 13.2 Å². The molecule has 104 valence electrons. The highest BCUT2D eigenvalue weighted by molar-refractivity contribution is 6.31. The summed E-state index contributed by atoms with van der Waals surface area (Å²) in [6.07, 6.45) is 1.18. The van der Waals surface area contributed by atoms with Crippen molar-refractivity contribution in [2.45, 2.75) is 19.8 Å². The summed E-state index contributed by atoms with van der Waals surface area (Å²) >= 11 is 5.96. The first-order chi connectivity index (χ1) is 9.49. The molecule has 0 bridgehead atoms. The molecule has 3 nitrogen and oxygen atoms in total. The molecule has 1 heterocycles. The van der Waals surface area contributed by atoms with Gasteiger partial charge in [0.2, 0.25) is 0 Å². The zero-order valence-corrected chi connectivity index (χ0v) is 11.2. The van der Waals surface area contributed by atoms with E-state index in [1.807, 2.05) is 13.0 Å². The summed E-state index contributed by atoms with van der Waals surface area (Å²) in [5.41, 5.74) is 0.162. The minimum atomic E-state index is -1.30. The molecule has 1 aromatic carbocycles. The van der Waals surface area contributed by atoms with Crippen LogP contribution in [0.4, 0.5) is 13.2 Å². The molecule has 0 saturated heterocycles. The van der Waals surface area contributed by atoms with Crippen LogP contribution in [0.15, 0.2) is 12.1 Å². The van der Waals surface area contributed by atoms with Crippen LogP contribution in [0.25, 0.3) is 5.69 Å². The van der Waals surface area contributed by atoms with Crippen molar-refractivity contribution in [3.63, 3.8) is 0 Å². The molecule has 0 amide bonds. The molecule has 0 aliphatic carbocycles. The highest BCUT2D eigenvalue weighted by atomic mass is 35.5. The third-order valence-electron chi connectivity index (χ3n) is 2.72. The summed E-state index contributed by atoms with van der Waals surface area (Å²) in [4.78, 5) is 0. The van der Waals surface area contributed by atoms with Gasteiger partial charge in [0.15, 0.2) is 22.6 Å². The summed E-state index contributed by atoms with van der Waals surface area (Å²) in [6, 6.07) is 2.94. The summed E-state index contributed by atoms with van der Waals surface area (Å²) in [5.74, 6) is -3.53. The summed E-state index contributed by atoms with van der Waals surface area (Å²) in [6.45, 7) is 1.88. The third-order valence-corrected chi connectivity index (χ3v) is 3.07. The van der Waals surface area contributed by atoms with Crippen LogP contribution in [0.2, 0.25) is 5.15 Å². The van der Waals surface area contributed by atoms with E-state index in [9.17, 15) is 13.2 Å². The molecule has 0 N–H and O–H groups in total. The van der Waals surface area contributed by atoms with E-state index in [-0.39, 0.29) is 16.4 Å². The van der Waals surface area contributed by atoms with E-state index in [2.05, 4.69) is 5.10 Å². The lowest BCUT2D eigenvalue weighted by atomic mass is 10.2. The SMILES string of the molecule is CCCc1nn(-c2cc(F)c(F)cc2F)c(Cl)c1C#N. The van der Waals surface area contributed by atoms with E-state index < -0.39 is 17.5 Å². The first-order valence-electron chi connectivity index (χ1n) is 5.82. The molecular formula is C13H9ClF3N3. The van der Waals surface area contributed by atoms with Crippen molar-refractivity contribution >= 4 is 11.6 Å². The number of nitriles is 1. The van der Waals surface area contributed by atoms with E-state index in [1.165, 1.54) is 0 Å². The van der Waals surface area contributed by atoms with Gasteiger partial charge in [0.1, 0.15) is 17.3 Å². The average Bonchev–Trinajstić information content (AvgIpc) is 2.71. The van der Waals surface area contributed by atoms with Gasteiger partial charge in [-0.25, -0.2) is 17.9 Å². The molecule has 2 rings (SSSR count). The Bertz CT molecular complexity index is 704. The second-order valence-electron chi connectivity index (χ2n) is 4.10. The molecule has 1 aromatic heterocycles. The molecule has 0 aliphatic heterocycles. The number of nitrogens with zero attached hydrogens (tertiary/aromatic N) is 3. The molecule has 0 spiro atoms. The average molecular weight is 300 g/mol. The monoisotopic (exact) mass is 299 g/mol. The maximum absolute atomic E-state index is 13.7. The molecular weight excluding hydrogens is 291 g/mol. The number of aryl methyl sites for hydroxylation is 1. The van der Waals surface area contributed by atoms with Crippen molar-refractivity contribution in [1.29, 1.82) is 5.26 Å². The van der Waals surface area contributed by atoms with Gasteiger partial charge in [0.05, 0.1) is 5.69 Å². The quantitative estimate of drug-likeness (QED) is 0.810. The number of hydrogen-bond donors (Lipinski definition) is 0. The number of rotatable bonds is 3. The lowest BCUT2D eigenvalue weighted by molar-refractivity contribution is 0.491. The van der Waals surface area contributed by atoms with E-state index in [4.69, 9.17) is 16.9 Å². The summed E-state index contributed by atoms with van der Waals surface area (Å²) < 4.78 is 40.8. The summed E-state index contributed by atoms with van der Waals surface area (Å²) in [7, 11) is 0. The Hall–Kier alpha value is -2.00. The molecule has 0 saturated carbocycles. The molecule has 20 heavy (non-hydrogen) atoms. The normalized spacial score (nSPS) is 10.6. The van der Waals surface area contributed by atoms with Gasteiger partial charge < -0.3 is 0 Å². The fraction of sp³-hybridized carbons (Fsp3) is 0.231. The largest absolute Gasteiger partial charge is 0.217 e. The van der Waals surface area contributed by atoms with Crippen LogP contribution in [-0.4, -0.2) is 9.78 Å². The van der Waals surface area contributed by atoms with Crippen LogP contribution >= 0.6 is 11.6 Å². The lowest BCUT2D eigenvalue weighted by Crippen LogP contribution is -2.03. The first-order valence-corrected chi connectivity index (χ1v) is 6.19. The Morgan fingerprint density at radius 1 is 1.25 bits per heavy atom. The second kappa shape index (κ2) is 5.55. The zero-order chi connectivity index (χ0) is 14.9. The lowest BCUT2D eigenvalue weighted by Gasteiger charge is -2.05. The zero-order valence-electron chi connectivity index (χ0n) is 10.4. The minimum absolute atomic E-state index is 0.109. The fourth-order valence-electron chi connectivity index (χ4n) is 1.80. The van der Waals surface area contributed by atoms with E-state index in [1.54, 1.807) is 0 Å². The molecule has 7 heteroatoms. The van der Waals surface area contributed by atoms with Crippen LogP contribution in [0.3, 0.4) is 0 Å². The maximum atomic E-state index is 13.7. The minimum Gasteiger partial charge on any atom is -0.217 e. The number of aromatic nitrogens is 2. The van der Waals surface area contributed by atoms with Gasteiger partial charge in [-0.2, -0.15) is 10.4 Å². The van der Waals surface area contributed by atoms with Gasteiger partial charge in [-0.3, -0.25) is 0 Å². The van der Waals surface area contributed by atoms with Gasteiger partial charge >= 0.3 is 0 Å². The molecule has 0 unspecified atom stereocenters. The fourth-order valence-corrected chi connectivity index (χ4v) is 2.08. The Labute approximate surface area is 118 Å². The second-order valence-corrected chi connectivity index (χ2v) is 4.46. The van der Waals surface area contributed by atoms with E-state index >= 15 is 0 Å². The van der Waals surface area contributed by atoms with Crippen molar-refractivity contribution in [3.8, 4) is 11.8 Å². The predicted molar refractivity (Wildman–Crippen MR) is 67.2 cm³/mol. The van der Waals surface area contributed by atoms with Crippen LogP contribution < -0.4 is 0 Å². The molecule has 0 fully saturated rings. The van der Waals surface area contributed by atoms with Crippen molar-refractivity contribution in [2.75, 3.05) is 0 Å². The van der Waals surface area contributed by atoms with Crippen molar-refractivity contribution in [2.24, 2.45) is 0 Å². The van der Waals surface area contributed by atoms with Crippen LogP contribution in [0.1, 0.15) is 24.6 Å². The summed E-state index contributed by atoms with van der Waals surface area (Å²) in [5, 5.41) is 12.9. The van der Waals surface area contributed by atoms with Gasteiger partial charge in [0.25, 0.3) is 0 Å². The maximum Gasteiger partial charge on any atom is 0.161 e. The Morgan fingerprint density at radius 2 is 1.90 bits per heavy atom. The van der Waals surface area contributed by atoms with Gasteiger partial charge in [0, 0.05) is 12.1 Å². The molecule has 0 radical (unpaired) electrons. The van der Waals surface area contributed by atoms with Gasteiger partial charge in [-0.05, 0) is 6.42 Å². The van der Waals surface area contributed by atoms with Gasteiger partial charge in [-0.15, -0.1) is 0 Å². The van der Waals surface area contributed by atoms with Crippen molar-refractivity contribution in [1.82, 2.24) is 9.78 Å². The predicted octanol–water partition coefficient (Wildman–Crippen LogP) is 3.77. The van der Waals surface area contributed by atoms with E-state index in [0.717, 1.165) is 4.68 Å². The first kappa shape index (κ1) is 14.4. The highest BCUT2D eigenvalue weighted by Gasteiger charge is 2.20. The van der Waals surface area contributed by atoms with Crippen molar-refractivity contribution in [3.05, 3.63) is 46.0 Å². The van der Waals surface area contributed by atoms with Crippen LogP contribution in [0, 0.1) is 28.8 Å². The number of hydrogen-bond acceptors (Lipinski definition) is 2. The Morgan fingerprint density at radius 3 is 2.50 bits per heavy atom.